The Morgan fingerprint density at radius 3 is 1.95 bits per heavy atom. The van der Waals surface area contributed by atoms with Gasteiger partial charge in [-0.1, -0.05) is 48.5 Å². The maximum absolute atomic E-state index is 12.0. The number of fused-ring (bicyclic) bond motifs is 3. The van der Waals surface area contributed by atoms with Gasteiger partial charge < -0.3 is 10.1 Å². The minimum Gasteiger partial charge on any atom is -0.468 e. The molecule has 110 valence electrons. The van der Waals surface area contributed by atoms with E-state index in [-0.39, 0.29) is 12.5 Å². The summed E-state index contributed by atoms with van der Waals surface area (Å²) < 4.78 is 4.51. The standard InChI is InChI=1S/C18H15NO3/c1-22-18(21)11-19-17(20)10-16-14-8-4-2-6-12(14)13-7-3-5-9-15(13)16/h2-10H,11H2,1H3,(H,19,20). The predicted octanol–water partition coefficient (Wildman–Crippen LogP) is 2.39. The fourth-order valence-corrected chi connectivity index (χ4v) is 2.62. The lowest BCUT2D eigenvalue weighted by Gasteiger charge is -2.04. The third-order valence-electron chi connectivity index (χ3n) is 3.63. The monoisotopic (exact) mass is 293 g/mol. The Labute approximate surface area is 128 Å². The maximum Gasteiger partial charge on any atom is 0.325 e. The molecule has 0 atom stereocenters. The van der Waals surface area contributed by atoms with Crippen LogP contribution < -0.4 is 5.32 Å². The summed E-state index contributed by atoms with van der Waals surface area (Å²) in [5.41, 5.74) is 5.15. The fourth-order valence-electron chi connectivity index (χ4n) is 2.62. The Hall–Kier alpha value is -2.88. The molecule has 22 heavy (non-hydrogen) atoms. The first kappa shape index (κ1) is 14.1. The van der Waals surface area contributed by atoms with E-state index in [9.17, 15) is 9.59 Å². The number of hydrogen-bond donors (Lipinski definition) is 1. The molecule has 0 radical (unpaired) electrons. The summed E-state index contributed by atoms with van der Waals surface area (Å²) in [5.74, 6) is -0.786. The van der Waals surface area contributed by atoms with E-state index in [4.69, 9.17) is 0 Å². The molecule has 1 N–H and O–H groups in total. The second-order valence-electron chi connectivity index (χ2n) is 4.94. The summed E-state index contributed by atoms with van der Waals surface area (Å²) in [6, 6.07) is 15.9. The van der Waals surface area contributed by atoms with Crippen LogP contribution in [-0.2, 0) is 14.3 Å². The summed E-state index contributed by atoms with van der Waals surface area (Å²) in [7, 11) is 1.29. The SMILES string of the molecule is COC(=O)CNC(=O)C=C1c2ccccc2-c2ccccc21. The molecule has 0 bridgehead atoms. The van der Waals surface area contributed by atoms with E-state index < -0.39 is 5.97 Å². The Morgan fingerprint density at radius 2 is 1.45 bits per heavy atom. The van der Waals surface area contributed by atoms with E-state index in [0.717, 1.165) is 27.8 Å². The van der Waals surface area contributed by atoms with Gasteiger partial charge in [0.25, 0.3) is 0 Å². The zero-order valence-electron chi connectivity index (χ0n) is 12.1. The molecule has 0 spiro atoms. The van der Waals surface area contributed by atoms with Gasteiger partial charge in [0.05, 0.1) is 7.11 Å². The average molecular weight is 293 g/mol. The molecule has 3 rings (SSSR count). The quantitative estimate of drug-likeness (QED) is 0.596. The molecule has 4 nitrogen and oxygen atoms in total. The minimum atomic E-state index is -0.473. The van der Waals surface area contributed by atoms with Crippen LogP contribution in [0.5, 0.6) is 0 Å². The zero-order valence-corrected chi connectivity index (χ0v) is 12.1. The Balaban J connectivity index is 1.95. The maximum atomic E-state index is 12.0. The number of carbonyl (C=O) groups excluding carboxylic acids is 2. The van der Waals surface area contributed by atoms with Gasteiger partial charge in [-0.15, -0.1) is 0 Å². The number of carbonyl (C=O) groups is 2. The van der Waals surface area contributed by atoms with Crippen molar-refractivity contribution in [2.24, 2.45) is 0 Å². The summed E-state index contributed by atoms with van der Waals surface area (Å²) in [4.78, 5) is 23.1. The van der Waals surface area contributed by atoms with Gasteiger partial charge in [-0.05, 0) is 27.8 Å². The van der Waals surface area contributed by atoms with Gasteiger partial charge in [-0.2, -0.15) is 0 Å². The number of hydrogen-bond acceptors (Lipinski definition) is 3. The van der Waals surface area contributed by atoms with Crippen molar-refractivity contribution in [2.75, 3.05) is 13.7 Å². The lowest BCUT2D eigenvalue weighted by atomic mass is 10.0. The van der Waals surface area contributed by atoms with E-state index in [2.05, 4.69) is 10.1 Å². The van der Waals surface area contributed by atoms with E-state index in [1.165, 1.54) is 13.2 Å². The first-order chi connectivity index (χ1) is 10.7. The molecule has 0 unspecified atom stereocenters. The van der Waals surface area contributed by atoms with Crippen LogP contribution in [-0.4, -0.2) is 25.5 Å². The Bertz CT molecular complexity index is 730. The normalized spacial score (nSPS) is 11.4. The van der Waals surface area contributed by atoms with Crippen LogP contribution in [0.2, 0.25) is 0 Å². The van der Waals surface area contributed by atoms with Gasteiger partial charge >= 0.3 is 5.97 Å². The van der Waals surface area contributed by atoms with Crippen LogP contribution in [0.4, 0.5) is 0 Å². The van der Waals surface area contributed by atoms with Gasteiger partial charge in [-0.25, -0.2) is 0 Å². The van der Waals surface area contributed by atoms with Gasteiger partial charge in [0.2, 0.25) is 5.91 Å². The lowest BCUT2D eigenvalue weighted by Crippen LogP contribution is -2.28. The van der Waals surface area contributed by atoms with Crippen molar-refractivity contribution >= 4 is 17.4 Å². The van der Waals surface area contributed by atoms with Crippen molar-refractivity contribution in [3.8, 4) is 11.1 Å². The molecule has 0 saturated heterocycles. The molecule has 0 aliphatic heterocycles. The molecule has 0 saturated carbocycles. The summed E-state index contributed by atoms with van der Waals surface area (Å²) in [6.07, 6.45) is 1.54. The predicted molar refractivity (Wildman–Crippen MR) is 84.0 cm³/mol. The first-order valence-electron chi connectivity index (χ1n) is 6.96. The number of methoxy groups -OCH3 is 1. The van der Waals surface area contributed by atoms with Crippen LogP contribution >= 0.6 is 0 Å². The van der Waals surface area contributed by atoms with Crippen molar-refractivity contribution in [2.45, 2.75) is 0 Å². The van der Waals surface area contributed by atoms with E-state index >= 15 is 0 Å². The topological polar surface area (TPSA) is 55.4 Å². The highest BCUT2D eigenvalue weighted by Crippen LogP contribution is 2.43. The van der Waals surface area contributed by atoms with Gasteiger partial charge in [0.15, 0.2) is 0 Å². The number of esters is 1. The van der Waals surface area contributed by atoms with Crippen LogP contribution in [0, 0.1) is 0 Å². The second-order valence-corrected chi connectivity index (χ2v) is 4.94. The van der Waals surface area contributed by atoms with Gasteiger partial charge in [-0.3, -0.25) is 9.59 Å². The molecule has 0 heterocycles. The van der Waals surface area contributed by atoms with E-state index in [1.54, 1.807) is 0 Å². The molecule has 0 fully saturated rings. The molecule has 0 aromatic heterocycles. The highest BCUT2D eigenvalue weighted by molar-refractivity contribution is 6.08. The van der Waals surface area contributed by atoms with Gasteiger partial charge in [0.1, 0.15) is 6.54 Å². The number of benzene rings is 2. The highest BCUT2D eigenvalue weighted by Gasteiger charge is 2.23. The molecule has 2 aromatic rings. The van der Waals surface area contributed by atoms with Gasteiger partial charge in [0, 0.05) is 6.08 Å². The van der Waals surface area contributed by atoms with Crippen molar-refractivity contribution in [3.63, 3.8) is 0 Å². The molecular weight excluding hydrogens is 278 g/mol. The summed E-state index contributed by atoms with van der Waals surface area (Å²) in [6.45, 7) is -0.137. The number of ether oxygens (including phenoxy) is 1. The highest BCUT2D eigenvalue weighted by atomic mass is 16.5. The fraction of sp³-hybridized carbons (Fsp3) is 0.111. The minimum absolute atomic E-state index is 0.137. The van der Waals surface area contributed by atoms with Crippen molar-refractivity contribution < 1.29 is 14.3 Å². The van der Waals surface area contributed by atoms with E-state index in [0.29, 0.717) is 0 Å². The molecule has 2 aromatic carbocycles. The van der Waals surface area contributed by atoms with Crippen LogP contribution in [0.3, 0.4) is 0 Å². The lowest BCUT2D eigenvalue weighted by molar-refractivity contribution is -0.140. The molecule has 1 aliphatic rings. The zero-order chi connectivity index (χ0) is 15.5. The molecular formula is C18H15NO3. The number of amides is 1. The first-order valence-corrected chi connectivity index (χ1v) is 6.96. The summed E-state index contributed by atoms with van der Waals surface area (Å²) in [5, 5.41) is 2.53. The number of nitrogens with one attached hydrogen (secondary N) is 1. The molecule has 1 aliphatic carbocycles. The third kappa shape index (κ3) is 2.51. The van der Waals surface area contributed by atoms with Crippen LogP contribution in [0.15, 0.2) is 54.6 Å². The third-order valence-corrected chi connectivity index (χ3v) is 3.63. The second kappa shape index (κ2) is 5.85. The Kier molecular flexibility index (Phi) is 3.74. The molecule has 4 heteroatoms. The van der Waals surface area contributed by atoms with Crippen molar-refractivity contribution in [1.29, 1.82) is 0 Å². The van der Waals surface area contributed by atoms with Crippen molar-refractivity contribution in [3.05, 3.63) is 65.7 Å². The van der Waals surface area contributed by atoms with Crippen LogP contribution in [0.25, 0.3) is 16.7 Å². The molecule has 1 amide bonds. The van der Waals surface area contributed by atoms with Crippen molar-refractivity contribution in [1.82, 2.24) is 5.32 Å². The largest absolute Gasteiger partial charge is 0.468 e. The summed E-state index contributed by atoms with van der Waals surface area (Å²) >= 11 is 0. The smallest absolute Gasteiger partial charge is 0.325 e. The van der Waals surface area contributed by atoms with Crippen LogP contribution in [0.1, 0.15) is 11.1 Å². The average Bonchev–Trinajstić information content (AvgIpc) is 2.87. The van der Waals surface area contributed by atoms with E-state index in [1.807, 2.05) is 48.5 Å². The number of rotatable bonds is 3. The Morgan fingerprint density at radius 1 is 0.955 bits per heavy atom.